The lowest BCUT2D eigenvalue weighted by Crippen LogP contribution is -2.17. The number of methoxy groups -OCH3 is 1. The second-order valence-electron chi connectivity index (χ2n) is 4.74. The van der Waals surface area contributed by atoms with Gasteiger partial charge < -0.3 is 19.9 Å². The summed E-state index contributed by atoms with van der Waals surface area (Å²) < 4.78 is 30.3. The van der Waals surface area contributed by atoms with E-state index >= 15 is 0 Å². The van der Waals surface area contributed by atoms with Crippen LogP contribution in [0, 0.1) is 5.82 Å². The van der Waals surface area contributed by atoms with Gasteiger partial charge in [0, 0.05) is 5.56 Å². The van der Waals surface area contributed by atoms with Crippen molar-refractivity contribution in [2.75, 3.05) is 20.3 Å². The number of fused-ring (bicyclic) bond motifs is 1. The monoisotopic (exact) mass is 289 g/mol. The van der Waals surface area contributed by atoms with Crippen LogP contribution in [-0.2, 0) is 0 Å². The van der Waals surface area contributed by atoms with Crippen LogP contribution in [0.4, 0.5) is 4.39 Å². The summed E-state index contributed by atoms with van der Waals surface area (Å²) in [6.45, 7) is 1.03. The van der Waals surface area contributed by atoms with E-state index in [4.69, 9.17) is 19.9 Å². The van der Waals surface area contributed by atoms with Crippen molar-refractivity contribution in [1.82, 2.24) is 0 Å². The van der Waals surface area contributed by atoms with Crippen LogP contribution in [0.3, 0.4) is 0 Å². The van der Waals surface area contributed by atoms with Crippen molar-refractivity contribution in [2.45, 2.75) is 6.04 Å². The maximum absolute atomic E-state index is 14.3. The summed E-state index contributed by atoms with van der Waals surface area (Å²) in [4.78, 5) is 0. The molecule has 1 aliphatic heterocycles. The average molecular weight is 289 g/mol. The second-order valence-corrected chi connectivity index (χ2v) is 4.74. The van der Waals surface area contributed by atoms with Crippen LogP contribution in [0.25, 0.3) is 0 Å². The first-order valence-corrected chi connectivity index (χ1v) is 6.68. The van der Waals surface area contributed by atoms with Gasteiger partial charge in [0.25, 0.3) is 0 Å². The molecule has 2 aromatic rings. The normalized spacial score (nSPS) is 14.6. The SMILES string of the molecule is COc1cccc(C(N)c2ccc3c(c2)OCCO3)c1F. The molecule has 1 aliphatic rings. The molecule has 21 heavy (non-hydrogen) atoms. The van der Waals surface area contributed by atoms with Crippen molar-refractivity contribution < 1.29 is 18.6 Å². The van der Waals surface area contributed by atoms with E-state index in [0.29, 0.717) is 30.3 Å². The van der Waals surface area contributed by atoms with Crippen molar-refractivity contribution in [3.63, 3.8) is 0 Å². The minimum atomic E-state index is -0.601. The van der Waals surface area contributed by atoms with Crippen molar-refractivity contribution in [2.24, 2.45) is 5.73 Å². The van der Waals surface area contributed by atoms with E-state index < -0.39 is 11.9 Å². The fourth-order valence-electron chi connectivity index (χ4n) is 2.36. The summed E-state index contributed by atoms with van der Waals surface area (Å²) in [6.07, 6.45) is 0. The van der Waals surface area contributed by atoms with Gasteiger partial charge in [0.05, 0.1) is 13.2 Å². The molecular weight excluding hydrogens is 273 g/mol. The number of halogens is 1. The van der Waals surface area contributed by atoms with E-state index in [1.807, 2.05) is 6.07 Å². The van der Waals surface area contributed by atoms with Gasteiger partial charge in [-0.3, -0.25) is 0 Å². The van der Waals surface area contributed by atoms with Gasteiger partial charge in [0.15, 0.2) is 23.1 Å². The summed E-state index contributed by atoms with van der Waals surface area (Å²) >= 11 is 0. The van der Waals surface area contributed by atoms with Crippen molar-refractivity contribution in [1.29, 1.82) is 0 Å². The largest absolute Gasteiger partial charge is 0.494 e. The van der Waals surface area contributed by atoms with Gasteiger partial charge in [-0.2, -0.15) is 0 Å². The molecule has 0 aliphatic carbocycles. The Labute approximate surface area is 122 Å². The highest BCUT2D eigenvalue weighted by Gasteiger charge is 2.19. The molecule has 2 N–H and O–H groups in total. The lowest BCUT2D eigenvalue weighted by atomic mass is 9.98. The molecule has 0 bridgehead atoms. The topological polar surface area (TPSA) is 53.7 Å². The Hall–Kier alpha value is -2.27. The molecule has 4 nitrogen and oxygen atoms in total. The highest BCUT2D eigenvalue weighted by molar-refractivity contribution is 5.47. The summed E-state index contributed by atoms with van der Waals surface area (Å²) in [5.74, 6) is 1.06. The standard InChI is InChI=1S/C16H16FNO3/c1-19-13-4-2-3-11(15(13)17)16(18)10-5-6-12-14(9-10)21-8-7-20-12/h2-6,9,16H,7-8,18H2,1H3. The predicted octanol–water partition coefficient (Wildman–Crippen LogP) is 2.65. The lowest BCUT2D eigenvalue weighted by Gasteiger charge is -2.21. The Morgan fingerprint density at radius 3 is 2.67 bits per heavy atom. The highest BCUT2D eigenvalue weighted by atomic mass is 19.1. The maximum Gasteiger partial charge on any atom is 0.170 e. The number of benzene rings is 2. The molecule has 110 valence electrons. The summed E-state index contributed by atoms with van der Waals surface area (Å²) in [6, 6.07) is 9.73. The molecule has 0 aromatic heterocycles. The van der Waals surface area contributed by atoms with Gasteiger partial charge in [-0.15, -0.1) is 0 Å². The molecule has 0 spiro atoms. The Morgan fingerprint density at radius 1 is 1.14 bits per heavy atom. The maximum atomic E-state index is 14.3. The quantitative estimate of drug-likeness (QED) is 0.944. The molecule has 0 saturated carbocycles. The van der Waals surface area contributed by atoms with Gasteiger partial charge >= 0.3 is 0 Å². The van der Waals surface area contributed by atoms with E-state index in [1.54, 1.807) is 30.3 Å². The molecule has 1 atom stereocenters. The summed E-state index contributed by atoms with van der Waals surface area (Å²) in [5, 5.41) is 0. The zero-order valence-electron chi connectivity index (χ0n) is 11.6. The number of hydrogen-bond acceptors (Lipinski definition) is 4. The van der Waals surface area contributed by atoms with E-state index in [9.17, 15) is 4.39 Å². The van der Waals surface area contributed by atoms with Crippen LogP contribution in [0.1, 0.15) is 17.2 Å². The molecule has 3 rings (SSSR count). The average Bonchev–Trinajstić information content (AvgIpc) is 2.54. The molecule has 0 amide bonds. The minimum Gasteiger partial charge on any atom is -0.494 e. The van der Waals surface area contributed by atoms with Gasteiger partial charge in [-0.1, -0.05) is 18.2 Å². The van der Waals surface area contributed by atoms with Gasteiger partial charge in [-0.25, -0.2) is 4.39 Å². The number of rotatable bonds is 3. The van der Waals surface area contributed by atoms with Gasteiger partial charge in [-0.05, 0) is 23.8 Å². The van der Waals surface area contributed by atoms with E-state index in [2.05, 4.69) is 0 Å². The third kappa shape index (κ3) is 2.52. The third-order valence-corrected chi connectivity index (χ3v) is 3.47. The third-order valence-electron chi connectivity index (χ3n) is 3.47. The fraction of sp³-hybridized carbons (Fsp3) is 0.250. The first-order chi connectivity index (χ1) is 10.2. The van der Waals surface area contributed by atoms with Crippen LogP contribution >= 0.6 is 0 Å². The van der Waals surface area contributed by atoms with Gasteiger partial charge in [0.1, 0.15) is 13.2 Å². The number of nitrogens with two attached hydrogens (primary N) is 1. The second kappa shape index (κ2) is 5.61. The van der Waals surface area contributed by atoms with E-state index in [0.717, 1.165) is 5.56 Å². The van der Waals surface area contributed by atoms with Crippen LogP contribution in [-0.4, -0.2) is 20.3 Å². The molecule has 0 fully saturated rings. The van der Waals surface area contributed by atoms with Gasteiger partial charge in [0.2, 0.25) is 0 Å². The van der Waals surface area contributed by atoms with Crippen molar-refractivity contribution in [3.05, 3.63) is 53.3 Å². The molecule has 1 unspecified atom stereocenters. The molecule has 0 saturated heterocycles. The predicted molar refractivity (Wildman–Crippen MR) is 76.4 cm³/mol. The van der Waals surface area contributed by atoms with Crippen LogP contribution in [0.2, 0.25) is 0 Å². The fourth-order valence-corrected chi connectivity index (χ4v) is 2.36. The van der Waals surface area contributed by atoms with Crippen molar-refractivity contribution >= 4 is 0 Å². The zero-order chi connectivity index (χ0) is 14.8. The zero-order valence-corrected chi connectivity index (χ0v) is 11.6. The first-order valence-electron chi connectivity index (χ1n) is 6.68. The Morgan fingerprint density at radius 2 is 1.90 bits per heavy atom. The number of hydrogen-bond donors (Lipinski definition) is 1. The van der Waals surface area contributed by atoms with Crippen LogP contribution in [0.15, 0.2) is 36.4 Å². The molecule has 5 heteroatoms. The summed E-state index contributed by atoms with van der Waals surface area (Å²) in [7, 11) is 1.43. The molecule has 2 aromatic carbocycles. The minimum absolute atomic E-state index is 0.181. The molecule has 1 heterocycles. The first kappa shape index (κ1) is 13.7. The molecule has 0 radical (unpaired) electrons. The van der Waals surface area contributed by atoms with Crippen molar-refractivity contribution in [3.8, 4) is 17.2 Å². The van der Waals surface area contributed by atoms with E-state index in [1.165, 1.54) is 7.11 Å². The van der Waals surface area contributed by atoms with Crippen LogP contribution < -0.4 is 19.9 Å². The molecular formula is C16H16FNO3. The smallest absolute Gasteiger partial charge is 0.170 e. The van der Waals surface area contributed by atoms with E-state index in [-0.39, 0.29) is 5.75 Å². The number of ether oxygens (including phenoxy) is 3. The Balaban J connectivity index is 1.97. The summed E-state index contributed by atoms with van der Waals surface area (Å²) in [5.41, 5.74) is 7.32. The highest BCUT2D eigenvalue weighted by Crippen LogP contribution is 2.35. The lowest BCUT2D eigenvalue weighted by molar-refractivity contribution is 0.171. The van der Waals surface area contributed by atoms with Crippen LogP contribution in [0.5, 0.6) is 17.2 Å². The Bertz CT molecular complexity index is 660. The Kier molecular flexibility index (Phi) is 3.66.